The lowest BCUT2D eigenvalue weighted by Gasteiger charge is -2.43. The van der Waals surface area contributed by atoms with Crippen LogP contribution in [0.4, 0.5) is 0 Å². The fraction of sp³-hybridized carbons (Fsp3) is 1.00. The molecule has 0 amide bonds. The van der Waals surface area contributed by atoms with Gasteiger partial charge >= 0.3 is 26.4 Å². The average Bonchev–Trinajstić information content (AvgIpc) is 2.74. The van der Waals surface area contributed by atoms with Crippen molar-refractivity contribution < 1.29 is 44.3 Å². The van der Waals surface area contributed by atoms with Gasteiger partial charge in [0.2, 0.25) is 10.5 Å². The Labute approximate surface area is 169 Å². The molecule has 0 saturated carbocycles. The highest BCUT2D eigenvalue weighted by Crippen LogP contribution is 2.40. The summed E-state index contributed by atoms with van der Waals surface area (Å²) in [4.78, 5) is 0. The van der Waals surface area contributed by atoms with Crippen molar-refractivity contribution in [2.45, 2.75) is 23.7 Å². The molecule has 0 fully saturated rings. The third-order valence-electron chi connectivity index (χ3n) is 4.63. The maximum atomic E-state index is 5.81. The summed E-state index contributed by atoms with van der Waals surface area (Å²) in [5.74, 6) is 0. The lowest BCUT2D eigenvalue weighted by molar-refractivity contribution is 0.0342. The van der Waals surface area contributed by atoms with Gasteiger partial charge in [0.1, 0.15) is 0 Å². The van der Waals surface area contributed by atoms with Crippen LogP contribution in [0.2, 0.25) is 18.1 Å². The van der Waals surface area contributed by atoms with E-state index in [9.17, 15) is 0 Å². The van der Waals surface area contributed by atoms with E-state index in [1.54, 1.807) is 0 Å². The minimum Gasteiger partial charge on any atom is -0.413 e. The molecular weight excluding hydrogens is 428 g/mol. The predicted octanol–water partition coefficient (Wildman–Crippen LogP) is 0.460. The van der Waals surface area contributed by atoms with Gasteiger partial charge in [-0.3, -0.25) is 0 Å². The quantitative estimate of drug-likeness (QED) is 0.302. The number of hydrogen-bond acceptors (Lipinski definition) is 10. The van der Waals surface area contributed by atoms with Crippen molar-refractivity contribution in [3.05, 3.63) is 0 Å². The Bertz CT molecular complexity index is 325. The summed E-state index contributed by atoms with van der Waals surface area (Å²) >= 11 is 0. The van der Waals surface area contributed by atoms with Gasteiger partial charge in [-0.15, -0.1) is 0 Å². The zero-order valence-corrected chi connectivity index (χ0v) is 21.7. The van der Waals surface area contributed by atoms with E-state index in [0.29, 0.717) is 0 Å². The van der Waals surface area contributed by atoms with Gasteiger partial charge in [0.15, 0.2) is 0 Å². The molecule has 0 bridgehead atoms. The summed E-state index contributed by atoms with van der Waals surface area (Å²) in [6.45, 7) is 0. The second kappa shape index (κ2) is 12.2. The molecule has 14 heteroatoms. The Morgan fingerprint density at radius 2 is 0.667 bits per heavy atom. The van der Waals surface area contributed by atoms with Crippen molar-refractivity contribution >= 4 is 36.9 Å². The van der Waals surface area contributed by atoms with Crippen LogP contribution in [0.5, 0.6) is 0 Å². The summed E-state index contributed by atoms with van der Waals surface area (Å²) in [7, 11) is 7.67. The van der Waals surface area contributed by atoms with Crippen molar-refractivity contribution in [2.24, 2.45) is 0 Å². The van der Waals surface area contributed by atoms with Crippen LogP contribution in [0, 0.1) is 0 Å². The molecule has 0 spiro atoms. The van der Waals surface area contributed by atoms with E-state index < -0.39 is 32.0 Å². The number of hydrogen-bond donors (Lipinski definition) is 0. The van der Waals surface area contributed by atoms with Crippen LogP contribution < -0.4 is 0 Å². The minimum atomic E-state index is -3.09. The summed E-state index contributed by atoms with van der Waals surface area (Å²) in [5, 5.41) is 0. The molecule has 0 aliphatic heterocycles. The highest BCUT2D eigenvalue weighted by Gasteiger charge is 2.59. The fourth-order valence-electron chi connectivity index (χ4n) is 2.88. The van der Waals surface area contributed by atoms with Crippen LogP contribution in [-0.2, 0) is 44.3 Å². The van der Waals surface area contributed by atoms with Crippen LogP contribution in [-0.4, -0.2) is 106 Å². The van der Waals surface area contributed by atoms with Gasteiger partial charge in [0.05, 0.1) is 5.60 Å². The fourth-order valence-corrected chi connectivity index (χ4v) is 10.4. The SMILES string of the molecule is CO[Si](CC(C[Si](OC)(OC)OC)(C[Si](OC)(OC)OC)O[Si])(OC)OC. The van der Waals surface area contributed by atoms with E-state index >= 15 is 0 Å². The van der Waals surface area contributed by atoms with Gasteiger partial charge in [-0.1, -0.05) is 0 Å². The molecule has 0 atom stereocenters. The van der Waals surface area contributed by atoms with E-state index in [1.165, 1.54) is 64.0 Å². The molecule has 0 aromatic rings. The number of rotatable bonds is 16. The van der Waals surface area contributed by atoms with E-state index in [4.69, 9.17) is 44.3 Å². The van der Waals surface area contributed by atoms with Crippen LogP contribution in [0.1, 0.15) is 0 Å². The Balaban J connectivity index is 6.23. The van der Waals surface area contributed by atoms with Gasteiger partial charge in [-0.2, -0.15) is 0 Å². The maximum absolute atomic E-state index is 5.81. The second-order valence-corrected chi connectivity index (χ2v) is 14.7. The van der Waals surface area contributed by atoms with Crippen molar-refractivity contribution in [1.82, 2.24) is 0 Å². The second-order valence-electron chi connectivity index (χ2n) is 5.70. The summed E-state index contributed by atoms with van der Waals surface area (Å²) in [5.41, 5.74) is -1.02. The van der Waals surface area contributed by atoms with Gasteiger partial charge in [-0.25, -0.2) is 0 Å². The molecule has 10 nitrogen and oxygen atoms in total. The third kappa shape index (κ3) is 6.75. The molecule has 0 aliphatic carbocycles. The molecule has 0 aromatic carbocycles. The molecule has 0 unspecified atom stereocenters. The van der Waals surface area contributed by atoms with E-state index in [0.717, 1.165) is 0 Å². The lowest BCUT2D eigenvalue weighted by Crippen LogP contribution is -2.60. The highest BCUT2D eigenvalue weighted by atomic mass is 28.4. The molecule has 3 radical (unpaired) electrons. The maximum Gasteiger partial charge on any atom is 0.503 e. The van der Waals surface area contributed by atoms with Crippen molar-refractivity contribution in [1.29, 1.82) is 0 Å². The molecule has 27 heavy (non-hydrogen) atoms. The first-order valence-electron chi connectivity index (χ1n) is 8.04. The van der Waals surface area contributed by atoms with E-state index in [-0.39, 0.29) is 18.1 Å². The van der Waals surface area contributed by atoms with Crippen LogP contribution >= 0.6 is 0 Å². The van der Waals surface area contributed by atoms with Crippen LogP contribution in [0.3, 0.4) is 0 Å². The highest BCUT2D eigenvalue weighted by molar-refractivity contribution is 6.65. The first-order valence-corrected chi connectivity index (χ1v) is 14.2. The van der Waals surface area contributed by atoms with Crippen molar-refractivity contribution in [3.63, 3.8) is 0 Å². The van der Waals surface area contributed by atoms with E-state index in [1.807, 2.05) is 0 Å². The first kappa shape index (κ1) is 27.5. The Kier molecular flexibility index (Phi) is 12.4. The monoisotopic (exact) mass is 461 g/mol. The van der Waals surface area contributed by atoms with Crippen LogP contribution in [0.15, 0.2) is 0 Å². The Morgan fingerprint density at radius 1 is 0.481 bits per heavy atom. The Hall–Kier alpha value is 0.468. The topological polar surface area (TPSA) is 92.3 Å². The molecule has 0 aliphatic rings. The normalized spacial score (nSPS) is 14.0. The standard InChI is InChI=1S/C13H33O10Si4/c1-14-25(15-2,16-3)10-13(23-24,11-26(17-4,18-5)19-6)12-27(20-7,21-8)22-9/h10-12H2,1-9H3. The Morgan fingerprint density at radius 3 is 0.778 bits per heavy atom. The zero-order valence-electron chi connectivity index (χ0n) is 17.7. The molecule has 0 rings (SSSR count). The van der Waals surface area contributed by atoms with Crippen molar-refractivity contribution in [3.8, 4) is 0 Å². The first-order chi connectivity index (χ1) is 12.7. The molecule has 0 aromatic heterocycles. The minimum absolute atomic E-state index is 0.239. The molecule has 0 heterocycles. The molecular formula is C13H33O10Si4. The average molecular weight is 462 g/mol. The van der Waals surface area contributed by atoms with E-state index in [2.05, 4.69) is 10.5 Å². The van der Waals surface area contributed by atoms with Gasteiger partial charge < -0.3 is 44.3 Å². The summed E-state index contributed by atoms with van der Waals surface area (Å²) in [6, 6.07) is 0.716. The van der Waals surface area contributed by atoms with Crippen LogP contribution in [0.25, 0.3) is 0 Å². The third-order valence-corrected chi connectivity index (χ3v) is 13.9. The summed E-state index contributed by atoms with van der Waals surface area (Å²) < 4.78 is 56.2. The zero-order chi connectivity index (χ0) is 21.2. The predicted molar refractivity (Wildman–Crippen MR) is 104 cm³/mol. The lowest BCUT2D eigenvalue weighted by atomic mass is 10.2. The summed E-state index contributed by atoms with van der Waals surface area (Å²) in [6.07, 6.45) is 0. The largest absolute Gasteiger partial charge is 0.503 e. The molecule has 0 N–H and O–H groups in total. The smallest absolute Gasteiger partial charge is 0.413 e. The molecule has 0 saturated heterocycles. The van der Waals surface area contributed by atoms with Gasteiger partial charge in [0.25, 0.3) is 0 Å². The van der Waals surface area contributed by atoms with Crippen molar-refractivity contribution in [2.75, 3.05) is 64.0 Å². The molecule has 161 valence electrons. The van der Waals surface area contributed by atoms with Gasteiger partial charge in [-0.05, 0) is 0 Å². The van der Waals surface area contributed by atoms with Gasteiger partial charge in [0, 0.05) is 82.1 Å².